The Balaban J connectivity index is 2.11. The highest BCUT2D eigenvalue weighted by Crippen LogP contribution is 2.13. The Morgan fingerprint density at radius 1 is 1.53 bits per heavy atom. The molecule has 2 rings (SSSR count). The van der Waals surface area contributed by atoms with Gasteiger partial charge in [-0.2, -0.15) is 11.3 Å². The first-order valence-electron chi connectivity index (χ1n) is 5.99. The Morgan fingerprint density at radius 3 is 2.95 bits per heavy atom. The molecule has 0 aliphatic heterocycles. The number of hydrogen-bond acceptors (Lipinski definition) is 5. The summed E-state index contributed by atoms with van der Waals surface area (Å²) in [5.41, 5.74) is 7.36. The van der Waals surface area contributed by atoms with E-state index in [-0.39, 0.29) is 17.5 Å². The van der Waals surface area contributed by atoms with Crippen molar-refractivity contribution in [1.82, 2.24) is 15.3 Å². The zero-order valence-electron chi connectivity index (χ0n) is 10.9. The molecule has 0 aromatic carbocycles. The van der Waals surface area contributed by atoms with Crippen LogP contribution in [-0.4, -0.2) is 15.9 Å². The van der Waals surface area contributed by atoms with Crippen LogP contribution in [0.3, 0.4) is 0 Å². The van der Waals surface area contributed by atoms with E-state index < -0.39 is 0 Å². The number of carbonyl (C=O) groups excluding carboxylic acids is 1. The van der Waals surface area contributed by atoms with E-state index in [4.69, 9.17) is 5.73 Å². The van der Waals surface area contributed by atoms with Gasteiger partial charge in [-0.05, 0) is 22.4 Å². The molecule has 3 N–H and O–H groups in total. The van der Waals surface area contributed by atoms with Gasteiger partial charge in [-0.25, -0.2) is 9.97 Å². The van der Waals surface area contributed by atoms with E-state index in [9.17, 15) is 4.79 Å². The number of carbonyl (C=O) groups is 1. The number of nitrogens with two attached hydrogens (primary N) is 1. The van der Waals surface area contributed by atoms with Crippen molar-refractivity contribution in [2.75, 3.05) is 5.73 Å². The molecule has 0 fully saturated rings. The molecule has 0 aliphatic carbocycles. The van der Waals surface area contributed by atoms with Crippen molar-refractivity contribution >= 4 is 22.9 Å². The molecule has 0 saturated carbocycles. The molecular weight excluding hydrogens is 260 g/mol. The Bertz CT molecular complexity index is 566. The van der Waals surface area contributed by atoms with Gasteiger partial charge in [0.1, 0.15) is 5.82 Å². The summed E-state index contributed by atoms with van der Waals surface area (Å²) in [6.07, 6.45) is 1.49. The summed E-state index contributed by atoms with van der Waals surface area (Å²) in [7, 11) is 0. The second-order valence-corrected chi connectivity index (χ2v) is 5.28. The van der Waals surface area contributed by atoms with Gasteiger partial charge in [0.05, 0.1) is 11.9 Å². The van der Waals surface area contributed by atoms with Crippen LogP contribution in [0.4, 0.5) is 5.69 Å². The number of nitrogens with zero attached hydrogens (tertiary/aromatic N) is 2. The number of hydrogen-bond donors (Lipinski definition) is 2. The molecule has 5 nitrogen and oxygen atoms in total. The Labute approximate surface area is 115 Å². The molecule has 0 spiro atoms. The van der Waals surface area contributed by atoms with Crippen molar-refractivity contribution in [3.05, 3.63) is 40.1 Å². The highest BCUT2D eigenvalue weighted by Gasteiger charge is 2.14. The number of rotatable bonds is 4. The minimum absolute atomic E-state index is 0.157. The molecule has 1 amide bonds. The quantitative estimate of drug-likeness (QED) is 0.896. The van der Waals surface area contributed by atoms with Crippen molar-refractivity contribution in [1.29, 1.82) is 0 Å². The lowest BCUT2D eigenvalue weighted by molar-refractivity contribution is 0.0946. The van der Waals surface area contributed by atoms with Crippen molar-refractivity contribution in [2.24, 2.45) is 0 Å². The molecule has 0 unspecified atom stereocenters. The zero-order chi connectivity index (χ0) is 13.8. The maximum atomic E-state index is 12.1. The maximum absolute atomic E-state index is 12.1. The first-order chi connectivity index (χ1) is 9.08. The van der Waals surface area contributed by atoms with Crippen LogP contribution in [0.1, 0.15) is 41.6 Å². The van der Waals surface area contributed by atoms with Gasteiger partial charge < -0.3 is 11.1 Å². The van der Waals surface area contributed by atoms with Crippen LogP contribution in [0.2, 0.25) is 0 Å². The monoisotopic (exact) mass is 276 g/mol. The minimum Gasteiger partial charge on any atom is -0.396 e. The average Bonchev–Trinajstić information content (AvgIpc) is 2.89. The molecule has 2 heterocycles. The molecule has 2 aromatic rings. The average molecular weight is 276 g/mol. The smallest absolute Gasteiger partial charge is 0.272 e. The second-order valence-electron chi connectivity index (χ2n) is 4.50. The van der Waals surface area contributed by atoms with E-state index >= 15 is 0 Å². The lowest BCUT2D eigenvalue weighted by Crippen LogP contribution is -2.25. The standard InChI is InChI=1S/C13H16N4OS/c1-8(2)12-15-6-10(14)11(17-12)13(18)16-5-9-3-4-19-7-9/h3-4,6-8H,5,14H2,1-2H3,(H,16,18). The normalized spacial score (nSPS) is 10.7. The Kier molecular flexibility index (Phi) is 4.11. The molecular formula is C13H16N4OS. The summed E-state index contributed by atoms with van der Waals surface area (Å²) in [6, 6.07) is 1.97. The molecule has 6 heteroatoms. The third kappa shape index (κ3) is 3.29. The van der Waals surface area contributed by atoms with E-state index in [2.05, 4.69) is 15.3 Å². The first kappa shape index (κ1) is 13.5. The number of aromatic nitrogens is 2. The molecule has 19 heavy (non-hydrogen) atoms. The van der Waals surface area contributed by atoms with Gasteiger partial charge in [0.25, 0.3) is 5.91 Å². The van der Waals surface area contributed by atoms with Gasteiger partial charge >= 0.3 is 0 Å². The number of nitrogens with one attached hydrogen (secondary N) is 1. The van der Waals surface area contributed by atoms with Crippen LogP contribution < -0.4 is 11.1 Å². The molecule has 0 atom stereocenters. The third-order valence-electron chi connectivity index (χ3n) is 2.60. The fourth-order valence-electron chi connectivity index (χ4n) is 1.52. The minimum atomic E-state index is -0.270. The van der Waals surface area contributed by atoms with Crippen molar-refractivity contribution in [3.8, 4) is 0 Å². The van der Waals surface area contributed by atoms with Gasteiger partial charge in [-0.3, -0.25) is 4.79 Å². The summed E-state index contributed by atoms with van der Waals surface area (Å²) >= 11 is 1.59. The van der Waals surface area contributed by atoms with Gasteiger partial charge in [0.15, 0.2) is 5.69 Å². The molecule has 2 aromatic heterocycles. The van der Waals surface area contributed by atoms with Crippen molar-refractivity contribution in [2.45, 2.75) is 26.3 Å². The fraction of sp³-hybridized carbons (Fsp3) is 0.308. The largest absolute Gasteiger partial charge is 0.396 e. The van der Waals surface area contributed by atoms with Crippen LogP contribution in [0.5, 0.6) is 0 Å². The second kappa shape index (κ2) is 5.79. The van der Waals surface area contributed by atoms with E-state index in [1.54, 1.807) is 11.3 Å². The highest BCUT2D eigenvalue weighted by atomic mass is 32.1. The fourth-order valence-corrected chi connectivity index (χ4v) is 2.19. The van der Waals surface area contributed by atoms with E-state index in [1.165, 1.54) is 6.20 Å². The molecule has 0 bridgehead atoms. The van der Waals surface area contributed by atoms with E-state index in [1.807, 2.05) is 30.7 Å². The SMILES string of the molecule is CC(C)c1ncc(N)c(C(=O)NCc2ccsc2)n1. The number of thiophene rings is 1. The third-order valence-corrected chi connectivity index (χ3v) is 3.33. The van der Waals surface area contributed by atoms with Crippen LogP contribution in [0.15, 0.2) is 23.0 Å². The predicted molar refractivity (Wildman–Crippen MR) is 76.0 cm³/mol. The lowest BCUT2D eigenvalue weighted by Gasteiger charge is -2.09. The number of amides is 1. The lowest BCUT2D eigenvalue weighted by atomic mass is 10.2. The van der Waals surface area contributed by atoms with Crippen molar-refractivity contribution < 1.29 is 4.79 Å². The molecule has 0 radical (unpaired) electrons. The van der Waals surface area contributed by atoms with Crippen LogP contribution in [0, 0.1) is 0 Å². The Hall–Kier alpha value is -1.95. The summed E-state index contributed by atoms with van der Waals surface area (Å²) in [6.45, 7) is 4.42. The van der Waals surface area contributed by atoms with Crippen molar-refractivity contribution in [3.63, 3.8) is 0 Å². The van der Waals surface area contributed by atoms with Crippen LogP contribution in [0.25, 0.3) is 0 Å². The summed E-state index contributed by atoms with van der Waals surface area (Å²) in [5, 5.41) is 6.76. The first-order valence-corrected chi connectivity index (χ1v) is 6.94. The summed E-state index contributed by atoms with van der Waals surface area (Å²) in [5.74, 6) is 0.506. The van der Waals surface area contributed by atoms with Gasteiger partial charge in [-0.15, -0.1) is 0 Å². The topological polar surface area (TPSA) is 80.9 Å². The van der Waals surface area contributed by atoms with Crippen LogP contribution in [-0.2, 0) is 6.54 Å². The van der Waals surface area contributed by atoms with Gasteiger partial charge in [-0.1, -0.05) is 13.8 Å². The van der Waals surface area contributed by atoms with Crippen LogP contribution >= 0.6 is 11.3 Å². The summed E-state index contributed by atoms with van der Waals surface area (Å²) < 4.78 is 0. The predicted octanol–water partition coefficient (Wildman–Crippen LogP) is 2.17. The van der Waals surface area contributed by atoms with E-state index in [0.29, 0.717) is 18.1 Å². The zero-order valence-corrected chi connectivity index (χ0v) is 11.7. The van der Waals surface area contributed by atoms with E-state index in [0.717, 1.165) is 5.56 Å². The number of nitrogen functional groups attached to an aromatic ring is 1. The summed E-state index contributed by atoms with van der Waals surface area (Å²) in [4.78, 5) is 20.4. The molecule has 0 aliphatic rings. The van der Waals surface area contributed by atoms with Gasteiger partial charge in [0, 0.05) is 12.5 Å². The van der Waals surface area contributed by atoms with Gasteiger partial charge in [0.2, 0.25) is 0 Å². The molecule has 0 saturated heterocycles. The highest BCUT2D eigenvalue weighted by molar-refractivity contribution is 7.07. The molecule has 100 valence electrons. The number of anilines is 1. The maximum Gasteiger partial charge on any atom is 0.272 e. The Morgan fingerprint density at radius 2 is 2.32 bits per heavy atom.